The molecule has 0 radical (unpaired) electrons. The minimum atomic E-state index is -2.90. The molecule has 2 heterocycles. The number of halogens is 2. The van der Waals surface area contributed by atoms with Gasteiger partial charge in [-0.1, -0.05) is 12.1 Å². The van der Waals surface area contributed by atoms with E-state index in [1.807, 2.05) is 0 Å². The fourth-order valence-electron chi connectivity index (χ4n) is 1.80. The van der Waals surface area contributed by atoms with Crippen LogP contribution in [-0.2, 0) is 0 Å². The van der Waals surface area contributed by atoms with E-state index in [4.69, 9.17) is 0 Å². The molecule has 0 unspecified atom stereocenters. The van der Waals surface area contributed by atoms with E-state index < -0.39 is 6.61 Å². The van der Waals surface area contributed by atoms with Crippen LogP contribution in [0.5, 0.6) is 5.75 Å². The molecule has 0 aliphatic rings. The second kappa shape index (κ2) is 4.72. The van der Waals surface area contributed by atoms with E-state index in [0.29, 0.717) is 11.4 Å². The summed E-state index contributed by atoms with van der Waals surface area (Å²) in [6.07, 6.45) is 1.24. The Kier molecular flexibility index (Phi) is 2.90. The molecule has 0 saturated carbocycles. The highest BCUT2D eigenvalue weighted by molar-refractivity contribution is 5.74. The number of aromatic nitrogens is 4. The maximum absolute atomic E-state index is 12.2. The third-order valence-electron chi connectivity index (χ3n) is 2.63. The number of hydrogen-bond donors (Lipinski definition) is 2. The van der Waals surface area contributed by atoms with Crippen LogP contribution in [0, 0.1) is 0 Å². The number of benzene rings is 1. The first-order valence-electron chi connectivity index (χ1n) is 5.62. The minimum Gasteiger partial charge on any atom is -0.435 e. The number of H-pyrrole nitrogens is 2. The molecular weight excluding hydrogens is 270 g/mol. The Balaban J connectivity index is 2.06. The van der Waals surface area contributed by atoms with Gasteiger partial charge in [0.05, 0.1) is 6.33 Å². The van der Waals surface area contributed by atoms with Crippen molar-refractivity contribution in [1.29, 1.82) is 0 Å². The third-order valence-corrected chi connectivity index (χ3v) is 2.63. The lowest BCUT2D eigenvalue weighted by Gasteiger charge is -2.05. The molecule has 1 aromatic carbocycles. The number of ether oxygens (including phenoxy) is 1. The van der Waals surface area contributed by atoms with E-state index in [1.165, 1.54) is 18.5 Å². The van der Waals surface area contributed by atoms with Gasteiger partial charge in [-0.25, -0.2) is 9.97 Å². The zero-order valence-electron chi connectivity index (χ0n) is 9.93. The van der Waals surface area contributed by atoms with Crippen molar-refractivity contribution in [3.05, 3.63) is 40.9 Å². The van der Waals surface area contributed by atoms with Gasteiger partial charge >= 0.3 is 6.61 Å². The standard InChI is InChI=1S/C12H8F2N4O2/c13-12(14)20-7-3-1-2-6(4-7)9-17-8-10(18-9)15-5-16-11(8)19/h1-5,12H,(H2,15,16,17,18,19). The Morgan fingerprint density at radius 3 is 2.90 bits per heavy atom. The molecule has 8 heteroatoms. The van der Waals surface area contributed by atoms with Gasteiger partial charge < -0.3 is 14.7 Å². The van der Waals surface area contributed by atoms with Crippen molar-refractivity contribution in [3.8, 4) is 17.1 Å². The van der Waals surface area contributed by atoms with Gasteiger partial charge in [-0.2, -0.15) is 8.78 Å². The molecule has 6 nitrogen and oxygen atoms in total. The van der Waals surface area contributed by atoms with Crippen molar-refractivity contribution in [2.45, 2.75) is 6.61 Å². The fraction of sp³-hybridized carbons (Fsp3) is 0.0833. The van der Waals surface area contributed by atoms with Crippen molar-refractivity contribution in [3.63, 3.8) is 0 Å². The van der Waals surface area contributed by atoms with Crippen LogP contribution < -0.4 is 10.3 Å². The Labute approximate surface area is 110 Å². The van der Waals surface area contributed by atoms with Gasteiger partial charge in [0.25, 0.3) is 5.56 Å². The molecule has 3 rings (SSSR count). The van der Waals surface area contributed by atoms with Crippen LogP contribution in [0.2, 0.25) is 0 Å². The van der Waals surface area contributed by atoms with Crippen molar-refractivity contribution in [1.82, 2.24) is 19.9 Å². The normalized spacial score (nSPS) is 11.2. The zero-order valence-corrected chi connectivity index (χ0v) is 9.93. The topological polar surface area (TPSA) is 83.7 Å². The second-order valence-corrected chi connectivity index (χ2v) is 3.92. The largest absolute Gasteiger partial charge is 0.435 e. The average molecular weight is 278 g/mol. The molecule has 20 heavy (non-hydrogen) atoms. The van der Waals surface area contributed by atoms with Crippen LogP contribution >= 0.6 is 0 Å². The lowest BCUT2D eigenvalue weighted by atomic mass is 10.2. The summed E-state index contributed by atoms with van der Waals surface area (Å²) in [4.78, 5) is 24.8. The second-order valence-electron chi connectivity index (χ2n) is 3.92. The molecule has 3 aromatic rings. The molecule has 0 saturated heterocycles. The van der Waals surface area contributed by atoms with Crippen LogP contribution in [0.1, 0.15) is 0 Å². The van der Waals surface area contributed by atoms with Crippen LogP contribution in [0.25, 0.3) is 22.6 Å². The summed E-state index contributed by atoms with van der Waals surface area (Å²) in [6.45, 7) is -2.90. The first kappa shape index (κ1) is 12.3. The number of aromatic amines is 2. The zero-order chi connectivity index (χ0) is 14.1. The van der Waals surface area contributed by atoms with Gasteiger partial charge in [-0.15, -0.1) is 0 Å². The number of hydrogen-bond acceptors (Lipinski definition) is 4. The molecule has 0 bridgehead atoms. The molecule has 0 aliphatic carbocycles. The number of nitrogens with zero attached hydrogens (tertiary/aromatic N) is 2. The lowest BCUT2D eigenvalue weighted by Crippen LogP contribution is -2.05. The Morgan fingerprint density at radius 1 is 1.30 bits per heavy atom. The van der Waals surface area contributed by atoms with Gasteiger partial charge in [-0.05, 0) is 12.1 Å². The summed E-state index contributed by atoms with van der Waals surface area (Å²) in [5.41, 5.74) is 0.640. The van der Waals surface area contributed by atoms with Crippen molar-refractivity contribution >= 4 is 11.2 Å². The van der Waals surface area contributed by atoms with Crippen LogP contribution in [0.15, 0.2) is 35.4 Å². The maximum atomic E-state index is 12.2. The fourth-order valence-corrected chi connectivity index (χ4v) is 1.80. The predicted molar refractivity (Wildman–Crippen MR) is 66.6 cm³/mol. The summed E-state index contributed by atoms with van der Waals surface area (Å²) in [7, 11) is 0. The third kappa shape index (κ3) is 2.22. The molecule has 0 spiro atoms. The highest BCUT2D eigenvalue weighted by Gasteiger charge is 2.10. The molecule has 0 aliphatic heterocycles. The first-order valence-corrected chi connectivity index (χ1v) is 5.62. The number of fused-ring (bicyclic) bond motifs is 1. The smallest absolute Gasteiger partial charge is 0.387 e. The highest BCUT2D eigenvalue weighted by Crippen LogP contribution is 2.23. The van der Waals surface area contributed by atoms with E-state index in [2.05, 4.69) is 24.7 Å². The monoisotopic (exact) mass is 278 g/mol. The van der Waals surface area contributed by atoms with Gasteiger partial charge in [0.15, 0.2) is 11.2 Å². The SMILES string of the molecule is O=c1[nH]cnc2nc(-c3cccc(OC(F)F)c3)[nH]c12. The minimum absolute atomic E-state index is 0.0137. The van der Waals surface area contributed by atoms with E-state index in [-0.39, 0.29) is 22.5 Å². The number of nitrogens with one attached hydrogen (secondary N) is 2. The Bertz CT molecular complexity index is 812. The lowest BCUT2D eigenvalue weighted by molar-refractivity contribution is -0.0498. The Morgan fingerprint density at radius 2 is 2.15 bits per heavy atom. The summed E-state index contributed by atoms with van der Waals surface area (Å²) in [6, 6.07) is 6.02. The maximum Gasteiger partial charge on any atom is 0.387 e. The number of rotatable bonds is 3. The van der Waals surface area contributed by atoms with Crippen molar-refractivity contribution < 1.29 is 13.5 Å². The van der Waals surface area contributed by atoms with Gasteiger partial charge in [0.2, 0.25) is 0 Å². The first-order chi connectivity index (χ1) is 9.63. The molecule has 0 atom stereocenters. The average Bonchev–Trinajstić information content (AvgIpc) is 2.84. The van der Waals surface area contributed by atoms with E-state index in [1.54, 1.807) is 12.1 Å². The summed E-state index contributed by atoms with van der Waals surface area (Å²) >= 11 is 0. The molecule has 0 amide bonds. The van der Waals surface area contributed by atoms with Crippen molar-refractivity contribution in [2.75, 3.05) is 0 Å². The number of imidazole rings is 1. The quantitative estimate of drug-likeness (QED) is 0.766. The summed E-state index contributed by atoms with van der Waals surface area (Å²) in [5.74, 6) is 0.365. The summed E-state index contributed by atoms with van der Waals surface area (Å²) < 4.78 is 28.7. The van der Waals surface area contributed by atoms with Gasteiger partial charge in [0.1, 0.15) is 11.6 Å². The number of alkyl halides is 2. The van der Waals surface area contributed by atoms with E-state index in [9.17, 15) is 13.6 Å². The summed E-state index contributed by atoms with van der Waals surface area (Å²) in [5, 5.41) is 0. The molecule has 102 valence electrons. The molecule has 2 N–H and O–H groups in total. The van der Waals surface area contributed by atoms with Crippen LogP contribution in [0.3, 0.4) is 0 Å². The van der Waals surface area contributed by atoms with Gasteiger partial charge in [-0.3, -0.25) is 4.79 Å². The van der Waals surface area contributed by atoms with E-state index >= 15 is 0 Å². The molecule has 2 aromatic heterocycles. The van der Waals surface area contributed by atoms with Crippen LogP contribution in [-0.4, -0.2) is 26.5 Å². The highest BCUT2D eigenvalue weighted by atomic mass is 19.3. The molecule has 0 fully saturated rings. The van der Waals surface area contributed by atoms with E-state index in [0.717, 1.165) is 0 Å². The van der Waals surface area contributed by atoms with Gasteiger partial charge in [0, 0.05) is 5.56 Å². The van der Waals surface area contributed by atoms with Crippen LogP contribution in [0.4, 0.5) is 8.78 Å². The van der Waals surface area contributed by atoms with Crippen molar-refractivity contribution in [2.24, 2.45) is 0 Å². The predicted octanol–water partition coefficient (Wildman–Crippen LogP) is 1.91. The molecular formula is C12H8F2N4O2. The Hall–Kier alpha value is -2.77.